The van der Waals surface area contributed by atoms with E-state index in [9.17, 15) is 4.79 Å². The molecule has 4 N–H and O–H groups in total. The van der Waals surface area contributed by atoms with Crippen molar-refractivity contribution < 1.29 is 63.3 Å². The van der Waals surface area contributed by atoms with Gasteiger partial charge in [0.05, 0.1) is 14.2 Å². The molecular formula is C39H52N2O13. The van der Waals surface area contributed by atoms with Gasteiger partial charge in [-0.15, -0.1) is 0 Å². The molecule has 0 spiro atoms. The molecule has 6 rings (SSSR count). The molecule has 0 radical (unpaired) electrons. The van der Waals surface area contributed by atoms with Gasteiger partial charge in [0.25, 0.3) is 0 Å². The van der Waals surface area contributed by atoms with Gasteiger partial charge in [-0.3, -0.25) is 14.6 Å². The van der Waals surface area contributed by atoms with Crippen LogP contribution < -0.4 is 18.9 Å². The SMILES string of the molecule is COc1cc(C(=O)c2ccc(O[C@@H]3CCCC[C@H]3N3CCCC3)c(OC)c2)ccc1O[C@@H]1CCCC[C@H]1N1CCCC1.O=C(O)C(=O)O.O=C(O)C(=O)O. The zero-order valence-corrected chi connectivity index (χ0v) is 30.9. The average Bonchev–Trinajstić information content (AvgIpc) is 3.92. The topological polar surface area (TPSA) is 210 Å². The Morgan fingerprint density at radius 3 is 1.15 bits per heavy atom. The van der Waals surface area contributed by atoms with Gasteiger partial charge < -0.3 is 39.4 Å². The van der Waals surface area contributed by atoms with E-state index in [0.717, 1.165) is 12.8 Å². The van der Waals surface area contributed by atoms with Crippen molar-refractivity contribution in [3.05, 3.63) is 47.5 Å². The van der Waals surface area contributed by atoms with Gasteiger partial charge in [-0.1, -0.05) is 12.8 Å². The van der Waals surface area contributed by atoms with Crippen molar-refractivity contribution >= 4 is 29.7 Å². The summed E-state index contributed by atoms with van der Waals surface area (Å²) in [7, 11) is 3.29. The number of aliphatic carboxylic acids is 4. The van der Waals surface area contributed by atoms with Crippen LogP contribution in [0.2, 0.25) is 0 Å². The summed E-state index contributed by atoms with van der Waals surface area (Å²) in [6.07, 6.45) is 14.8. The van der Waals surface area contributed by atoms with Gasteiger partial charge in [-0.05, 0) is 127 Å². The number of rotatable bonds is 10. The summed E-state index contributed by atoms with van der Waals surface area (Å²) < 4.78 is 24.7. The Bertz CT molecular complexity index is 1460. The molecule has 2 saturated heterocycles. The van der Waals surface area contributed by atoms with Crippen LogP contribution in [-0.2, 0) is 19.2 Å². The van der Waals surface area contributed by atoms with Crippen LogP contribution in [0, 0.1) is 0 Å². The standard InChI is InChI=1S/C35H48N2O5.2C2H2O4/c1-39-33-23-25(15-17-31(33)41-29-13-5-3-11-27(29)36-19-7-8-20-36)35(38)26-16-18-32(34(24-26)40-2)42-30-14-6-4-12-28(30)37-21-9-10-22-37;2*3-1(4)2(5)6/h15-18,23-24,27-30H,3-14,19-22H2,1-2H3;2*(H,3,4)(H,5,6)/t27-,28-,29-,30-;;/m1../s1. The first-order valence-electron chi connectivity index (χ1n) is 18.6. The lowest BCUT2D eigenvalue weighted by Gasteiger charge is -2.38. The van der Waals surface area contributed by atoms with Crippen LogP contribution in [0.3, 0.4) is 0 Å². The van der Waals surface area contributed by atoms with E-state index in [2.05, 4.69) is 9.80 Å². The van der Waals surface area contributed by atoms with E-state index in [-0.39, 0.29) is 18.0 Å². The number of hydrogen-bond acceptors (Lipinski definition) is 11. The van der Waals surface area contributed by atoms with E-state index in [0.29, 0.717) is 46.2 Å². The molecule has 15 heteroatoms. The largest absolute Gasteiger partial charge is 0.493 e. The maximum Gasteiger partial charge on any atom is 0.414 e. The number of carboxylic acids is 4. The summed E-state index contributed by atoms with van der Waals surface area (Å²) in [5.74, 6) is -4.74. The molecular weight excluding hydrogens is 704 g/mol. The Hall–Kier alpha value is -4.89. The Morgan fingerprint density at radius 1 is 0.500 bits per heavy atom. The molecule has 2 aliphatic carbocycles. The molecule has 0 bridgehead atoms. The summed E-state index contributed by atoms with van der Waals surface area (Å²) in [4.78, 5) is 55.2. The molecule has 15 nitrogen and oxygen atoms in total. The molecule has 2 aromatic carbocycles. The molecule has 4 atom stereocenters. The lowest BCUT2D eigenvalue weighted by Crippen LogP contribution is -2.46. The normalized spacial score (nSPS) is 22.7. The maximum absolute atomic E-state index is 13.6. The molecule has 2 heterocycles. The number of carboxylic acid groups (broad SMARTS) is 4. The van der Waals surface area contributed by atoms with Gasteiger partial charge >= 0.3 is 23.9 Å². The highest BCUT2D eigenvalue weighted by molar-refractivity contribution is 6.27. The molecule has 2 aliphatic heterocycles. The van der Waals surface area contributed by atoms with Crippen LogP contribution >= 0.6 is 0 Å². The lowest BCUT2D eigenvalue weighted by molar-refractivity contribution is -0.159. The maximum atomic E-state index is 13.6. The smallest absolute Gasteiger partial charge is 0.414 e. The minimum atomic E-state index is -1.82. The van der Waals surface area contributed by atoms with E-state index >= 15 is 0 Å². The average molecular weight is 757 g/mol. The fourth-order valence-electron chi connectivity index (χ4n) is 7.72. The molecule has 54 heavy (non-hydrogen) atoms. The molecule has 0 aromatic heterocycles. The van der Waals surface area contributed by atoms with Gasteiger partial charge in [0.2, 0.25) is 0 Å². The number of carbonyl (C=O) groups excluding carboxylic acids is 1. The highest BCUT2D eigenvalue weighted by Crippen LogP contribution is 2.37. The molecule has 4 fully saturated rings. The zero-order valence-electron chi connectivity index (χ0n) is 30.9. The van der Waals surface area contributed by atoms with Crippen LogP contribution in [0.4, 0.5) is 0 Å². The number of nitrogens with zero attached hydrogens (tertiary/aromatic N) is 2. The number of likely N-dealkylation sites (tertiary alicyclic amines) is 2. The number of methoxy groups -OCH3 is 2. The van der Waals surface area contributed by atoms with Crippen LogP contribution in [0.1, 0.15) is 93.0 Å². The van der Waals surface area contributed by atoms with E-state index in [1.54, 1.807) is 14.2 Å². The van der Waals surface area contributed by atoms with Crippen molar-refractivity contribution in [3.63, 3.8) is 0 Å². The Kier molecular flexibility index (Phi) is 15.9. The number of ether oxygens (including phenoxy) is 4. The fourth-order valence-corrected chi connectivity index (χ4v) is 7.72. The van der Waals surface area contributed by atoms with Gasteiger partial charge in [0.1, 0.15) is 12.2 Å². The number of benzene rings is 2. The van der Waals surface area contributed by atoms with Crippen molar-refractivity contribution in [2.75, 3.05) is 40.4 Å². The summed E-state index contributed by atoms with van der Waals surface area (Å²) in [6, 6.07) is 12.0. The van der Waals surface area contributed by atoms with Crippen molar-refractivity contribution in [3.8, 4) is 23.0 Å². The number of carbonyl (C=O) groups is 5. The molecule has 4 aliphatic rings. The quantitative estimate of drug-likeness (QED) is 0.189. The van der Waals surface area contributed by atoms with Crippen molar-refractivity contribution in [2.45, 2.75) is 101 Å². The van der Waals surface area contributed by atoms with Crippen molar-refractivity contribution in [1.29, 1.82) is 0 Å². The monoisotopic (exact) mass is 756 g/mol. The minimum absolute atomic E-state index is 0.0788. The van der Waals surface area contributed by atoms with Crippen LogP contribution in [0.5, 0.6) is 23.0 Å². The third kappa shape index (κ3) is 11.6. The third-order valence-corrected chi connectivity index (χ3v) is 10.3. The number of ketones is 1. The lowest BCUT2D eigenvalue weighted by atomic mass is 9.91. The first-order valence-corrected chi connectivity index (χ1v) is 18.6. The van der Waals surface area contributed by atoms with E-state index in [1.165, 1.54) is 90.4 Å². The van der Waals surface area contributed by atoms with Gasteiger partial charge in [0, 0.05) is 23.2 Å². The van der Waals surface area contributed by atoms with Crippen LogP contribution in [0.25, 0.3) is 0 Å². The molecule has 2 saturated carbocycles. The fraction of sp³-hybridized carbons (Fsp3) is 0.564. The second-order valence-corrected chi connectivity index (χ2v) is 13.8. The summed E-state index contributed by atoms with van der Waals surface area (Å²) in [6.45, 7) is 4.67. The van der Waals surface area contributed by atoms with Crippen LogP contribution in [-0.4, -0.2) is 125 Å². The third-order valence-electron chi connectivity index (χ3n) is 10.3. The Morgan fingerprint density at radius 2 is 0.833 bits per heavy atom. The zero-order chi connectivity index (χ0) is 39.2. The second-order valence-electron chi connectivity index (χ2n) is 13.8. The van der Waals surface area contributed by atoms with Gasteiger partial charge in [-0.2, -0.15) is 0 Å². The summed E-state index contributed by atoms with van der Waals surface area (Å²) >= 11 is 0. The van der Waals surface area contributed by atoms with E-state index in [1.807, 2.05) is 36.4 Å². The Labute approximate surface area is 314 Å². The summed E-state index contributed by atoms with van der Waals surface area (Å²) in [5, 5.41) is 29.6. The van der Waals surface area contributed by atoms with Crippen molar-refractivity contribution in [2.24, 2.45) is 0 Å². The number of hydrogen-bond donors (Lipinski definition) is 4. The molecule has 0 amide bonds. The summed E-state index contributed by atoms with van der Waals surface area (Å²) in [5.41, 5.74) is 1.13. The minimum Gasteiger partial charge on any atom is -0.493 e. The highest BCUT2D eigenvalue weighted by atomic mass is 16.5. The first-order chi connectivity index (χ1) is 25.9. The second kappa shape index (κ2) is 20.5. The molecule has 2 aromatic rings. The van der Waals surface area contributed by atoms with Gasteiger partial charge in [0.15, 0.2) is 28.8 Å². The Balaban J connectivity index is 0.000000470. The first kappa shape index (κ1) is 41.9. The van der Waals surface area contributed by atoms with E-state index in [4.69, 9.17) is 58.6 Å². The molecule has 296 valence electrons. The van der Waals surface area contributed by atoms with E-state index < -0.39 is 23.9 Å². The molecule has 0 unspecified atom stereocenters. The predicted molar refractivity (Wildman–Crippen MR) is 195 cm³/mol. The van der Waals surface area contributed by atoms with Crippen molar-refractivity contribution in [1.82, 2.24) is 9.80 Å². The van der Waals surface area contributed by atoms with Gasteiger partial charge in [-0.25, -0.2) is 19.2 Å². The highest BCUT2D eigenvalue weighted by Gasteiger charge is 2.35. The van der Waals surface area contributed by atoms with Crippen LogP contribution in [0.15, 0.2) is 36.4 Å². The predicted octanol–water partition coefficient (Wildman–Crippen LogP) is 4.82.